The van der Waals surface area contributed by atoms with Gasteiger partial charge >= 0.3 is 0 Å². The Morgan fingerprint density at radius 1 is 1.53 bits per heavy atom. The molecule has 2 rings (SSSR count). The van der Waals surface area contributed by atoms with Crippen molar-refractivity contribution in [2.75, 3.05) is 5.75 Å². The van der Waals surface area contributed by atoms with E-state index in [-0.39, 0.29) is 5.54 Å². The molecule has 1 unspecified atom stereocenters. The summed E-state index contributed by atoms with van der Waals surface area (Å²) in [6, 6.07) is 0. The first kappa shape index (κ1) is 11.2. The number of nitrogens with one attached hydrogen (secondary N) is 1. The van der Waals surface area contributed by atoms with E-state index >= 15 is 0 Å². The number of thioether (sulfide) groups is 1. The van der Waals surface area contributed by atoms with Gasteiger partial charge in [-0.25, -0.2) is 0 Å². The molecule has 0 spiro atoms. The highest BCUT2D eigenvalue weighted by molar-refractivity contribution is 7.99. The normalized spacial score (nSPS) is 22.2. The Morgan fingerprint density at radius 2 is 2.27 bits per heavy atom. The van der Waals surface area contributed by atoms with Crippen LogP contribution in [0.1, 0.15) is 44.7 Å². The lowest BCUT2D eigenvalue weighted by Gasteiger charge is -2.24. The summed E-state index contributed by atoms with van der Waals surface area (Å²) in [5.74, 6) is 2.36. The van der Waals surface area contributed by atoms with Crippen LogP contribution in [0.5, 0.6) is 0 Å². The van der Waals surface area contributed by atoms with E-state index in [2.05, 4.69) is 35.5 Å². The summed E-state index contributed by atoms with van der Waals surface area (Å²) in [7, 11) is 0. The van der Waals surface area contributed by atoms with Gasteiger partial charge < -0.3 is 0 Å². The number of rotatable bonds is 1. The van der Waals surface area contributed by atoms with Gasteiger partial charge in [0.05, 0.1) is 5.25 Å². The molecule has 0 aromatic carbocycles. The zero-order chi connectivity index (χ0) is 11.1. The lowest BCUT2D eigenvalue weighted by Crippen LogP contribution is -2.25. The van der Waals surface area contributed by atoms with E-state index in [0.717, 1.165) is 10.6 Å². The second-order valence-corrected chi connectivity index (χ2v) is 6.59. The number of aromatic amines is 1. The van der Waals surface area contributed by atoms with Crippen molar-refractivity contribution in [2.45, 2.75) is 44.4 Å². The number of nitrogens with zero attached hydrogens (tertiary/aromatic N) is 2. The Labute approximate surface area is 99.7 Å². The minimum atomic E-state index is 0.0164. The fraction of sp³-hybridized carbons (Fsp3) is 0.800. The third kappa shape index (κ3) is 2.13. The maximum absolute atomic E-state index is 5.29. The summed E-state index contributed by atoms with van der Waals surface area (Å²) in [6.45, 7) is 6.50. The standard InChI is InChI=1S/C10H17N3S2/c1-10(2,3)13-8(11-12-9(13)14)7-5-4-6-15-7/h7H,4-6H2,1-3H3,(H,12,14). The average Bonchev–Trinajstić information content (AvgIpc) is 2.68. The molecule has 1 aliphatic rings. The monoisotopic (exact) mass is 243 g/mol. The second kappa shape index (κ2) is 3.94. The number of hydrogen-bond donors (Lipinski definition) is 1. The molecule has 3 nitrogen and oxygen atoms in total. The molecule has 2 heterocycles. The van der Waals surface area contributed by atoms with Crippen molar-refractivity contribution in [1.29, 1.82) is 0 Å². The van der Waals surface area contributed by atoms with E-state index < -0.39 is 0 Å². The van der Waals surface area contributed by atoms with Crippen molar-refractivity contribution in [3.05, 3.63) is 10.6 Å². The summed E-state index contributed by atoms with van der Waals surface area (Å²) in [5.41, 5.74) is 0.0164. The molecule has 15 heavy (non-hydrogen) atoms. The molecule has 0 radical (unpaired) electrons. The van der Waals surface area contributed by atoms with Gasteiger partial charge in [0.25, 0.3) is 0 Å². The van der Waals surface area contributed by atoms with Crippen molar-refractivity contribution in [3.63, 3.8) is 0 Å². The molecule has 1 aromatic rings. The van der Waals surface area contributed by atoms with Crippen LogP contribution in [-0.2, 0) is 5.54 Å². The molecule has 1 atom stereocenters. The molecule has 0 bridgehead atoms. The minimum absolute atomic E-state index is 0.0164. The van der Waals surface area contributed by atoms with Gasteiger partial charge in [0, 0.05) is 5.54 Å². The van der Waals surface area contributed by atoms with Crippen LogP contribution in [0, 0.1) is 4.77 Å². The second-order valence-electron chi connectivity index (χ2n) is 4.89. The SMILES string of the molecule is CC(C)(C)n1c(C2CCCS2)n[nH]c1=S. The van der Waals surface area contributed by atoms with Crippen LogP contribution in [0.15, 0.2) is 0 Å². The molecular weight excluding hydrogens is 226 g/mol. The summed E-state index contributed by atoms with van der Waals surface area (Å²) >= 11 is 7.28. The van der Waals surface area contributed by atoms with Gasteiger partial charge in [0.2, 0.25) is 0 Å². The van der Waals surface area contributed by atoms with E-state index in [1.807, 2.05) is 11.8 Å². The molecular formula is C10H17N3S2. The van der Waals surface area contributed by atoms with Crippen LogP contribution in [0.2, 0.25) is 0 Å². The summed E-state index contributed by atoms with van der Waals surface area (Å²) in [5, 5.41) is 7.84. The smallest absolute Gasteiger partial charge is 0.195 e. The van der Waals surface area contributed by atoms with E-state index in [1.165, 1.54) is 18.6 Å². The van der Waals surface area contributed by atoms with Gasteiger partial charge in [-0.3, -0.25) is 9.67 Å². The van der Waals surface area contributed by atoms with Gasteiger partial charge in [-0.15, -0.1) is 0 Å². The fourth-order valence-electron chi connectivity index (χ4n) is 1.95. The van der Waals surface area contributed by atoms with Crippen molar-refractivity contribution in [1.82, 2.24) is 14.8 Å². The highest BCUT2D eigenvalue weighted by Crippen LogP contribution is 2.40. The third-order valence-corrected chi connectivity index (χ3v) is 4.23. The van der Waals surface area contributed by atoms with E-state index in [4.69, 9.17) is 12.2 Å². The van der Waals surface area contributed by atoms with Gasteiger partial charge in [-0.1, -0.05) is 0 Å². The van der Waals surface area contributed by atoms with Crippen LogP contribution in [-0.4, -0.2) is 20.5 Å². The van der Waals surface area contributed by atoms with Gasteiger partial charge in [-0.2, -0.15) is 16.9 Å². The first-order chi connectivity index (χ1) is 7.00. The summed E-state index contributed by atoms with van der Waals surface area (Å²) in [6.07, 6.45) is 2.51. The van der Waals surface area contributed by atoms with Gasteiger partial charge in [0.15, 0.2) is 4.77 Å². The lowest BCUT2D eigenvalue weighted by molar-refractivity contribution is 0.376. The van der Waals surface area contributed by atoms with Crippen molar-refractivity contribution in [2.24, 2.45) is 0 Å². The van der Waals surface area contributed by atoms with Crippen molar-refractivity contribution >= 4 is 24.0 Å². The summed E-state index contributed by atoms with van der Waals surface area (Å²) < 4.78 is 2.90. The fourth-order valence-corrected chi connectivity index (χ4v) is 3.63. The average molecular weight is 243 g/mol. The quantitative estimate of drug-likeness (QED) is 0.769. The van der Waals surface area contributed by atoms with Crippen molar-refractivity contribution in [3.8, 4) is 0 Å². The first-order valence-corrected chi connectivity index (χ1v) is 6.75. The molecule has 0 saturated carbocycles. The van der Waals surface area contributed by atoms with Crippen LogP contribution in [0.4, 0.5) is 0 Å². The molecule has 0 aliphatic carbocycles. The Hall–Kier alpha value is -0.290. The van der Waals surface area contributed by atoms with Crippen LogP contribution in [0.25, 0.3) is 0 Å². The van der Waals surface area contributed by atoms with E-state index in [1.54, 1.807) is 0 Å². The van der Waals surface area contributed by atoms with Crippen LogP contribution >= 0.6 is 24.0 Å². The lowest BCUT2D eigenvalue weighted by atomic mass is 10.1. The largest absolute Gasteiger partial charge is 0.298 e. The molecule has 1 aliphatic heterocycles. The molecule has 1 saturated heterocycles. The Kier molecular flexibility index (Phi) is 2.94. The maximum Gasteiger partial charge on any atom is 0.195 e. The van der Waals surface area contributed by atoms with Crippen LogP contribution in [0.3, 0.4) is 0 Å². The Balaban J connectivity index is 2.43. The van der Waals surface area contributed by atoms with Crippen molar-refractivity contribution < 1.29 is 0 Å². The topological polar surface area (TPSA) is 33.6 Å². The molecule has 84 valence electrons. The Bertz CT molecular complexity index is 394. The summed E-state index contributed by atoms with van der Waals surface area (Å²) in [4.78, 5) is 0. The number of H-pyrrole nitrogens is 1. The minimum Gasteiger partial charge on any atom is -0.298 e. The molecule has 1 N–H and O–H groups in total. The molecule has 5 heteroatoms. The first-order valence-electron chi connectivity index (χ1n) is 5.29. The van der Waals surface area contributed by atoms with E-state index in [9.17, 15) is 0 Å². The third-order valence-electron chi connectivity index (χ3n) is 2.59. The van der Waals surface area contributed by atoms with Crippen LogP contribution < -0.4 is 0 Å². The number of aromatic nitrogens is 3. The predicted octanol–water partition coefficient (Wildman–Crippen LogP) is 3.26. The molecule has 0 amide bonds. The number of hydrogen-bond acceptors (Lipinski definition) is 3. The zero-order valence-corrected chi connectivity index (χ0v) is 11.0. The maximum atomic E-state index is 5.29. The highest BCUT2D eigenvalue weighted by atomic mass is 32.2. The van der Waals surface area contributed by atoms with E-state index in [0.29, 0.717) is 5.25 Å². The van der Waals surface area contributed by atoms with Gasteiger partial charge in [-0.05, 0) is 51.6 Å². The predicted molar refractivity (Wildman–Crippen MR) is 66.8 cm³/mol. The highest BCUT2D eigenvalue weighted by Gasteiger charge is 2.27. The zero-order valence-electron chi connectivity index (χ0n) is 9.41. The molecule has 1 aromatic heterocycles. The molecule has 1 fully saturated rings. The Morgan fingerprint density at radius 3 is 2.80 bits per heavy atom. The van der Waals surface area contributed by atoms with Gasteiger partial charge in [0.1, 0.15) is 5.82 Å².